The van der Waals surface area contributed by atoms with Gasteiger partial charge in [0.15, 0.2) is 0 Å². The second kappa shape index (κ2) is 4.92. The summed E-state index contributed by atoms with van der Waals surface area (Å²) in [4.78, 5) is 4.00. The van der Waals surface area contributed by atoms with Gasteiger partial charge in [0, 0.05) is 11.8 Å². The number of benzene rings is 1. The highest BCUT2D eigenvalue weighted by Gasteiger charge is 2.29. The van der Waals surface area contributed by atoms with E-state index in [-0.39, 0.29) is 0 Å². The topological polar surface area (TPSA) is 12.9 Å². The molecule has 1 aromatic carbocycles. The Bertz CT molecular complexity index is 574. The number of pyridine rings is 1. The summed E-state index contributed by atoms with van der Waals surface area (Å²) in [7, 11) is 0. The van der Waals surface area contributed by atoms with Crippen molar-refractivity contribution in [2.45, 2.75) is 6.18 Å². The molecule has 0 fully saturated rings. The van der Waals surface area contributed by atoms with E-state index in [0.717, 1.165) is 12.1 Å². The molecule has 18 heavy (non-hydrogen) atoms. The van der Waals surface area contributed by atoms with E-state index in [2.05, 4.69) is 16.8 Å². The fraction of sp³-hybridized carbons (Fsp3) is 0.0714. The van der Waals surface area contributed by atoms with Gasteiger partial charge in [-0.2, -0.15) is 13.2 Å². The Morgan fingerprint density at radius 1 is 0.889 bits per heavy atom. The smallest absolute Gasteiger partial charge is 0.248 e. The van der Waals surface area contributed by atoms with Gasteiger partial charge in [0.1, 0.15) is 5.69 Å². The zero-order valence-corrected chi connectivity index (χ0v) is 9.20. The van der Waals surface area contributed by atoms with Crippen LogP contribution in [0, 0.1) is 11.8 Å². The summed E-state index contributed by atoms with van der Waals surface area (Å²) in [6.45, 7) is 0. The van der Waals surface area contributed by atoms with E-state index in [1.807, 2.05) is 0 Å². The predicted molar refractivity (Wildman–Crippen MR) is 61.7 cm³/mol. The number of hydrogen-bond donors (Lipinski definition) is 0. The highest BCUT2D eigenvalue weighted by atomic mass is 19.4. The SMILES string of the molecule is FC(F)(F)c1ccc(C#Cc2ccccn2)cc1. The summed E-state index contributed by atoms with van der Waals surface area (Å²) in [5.41, 5.74) is 0.428. The largest absolute Gasteiger partial charge is 0.416 e. The second-order valence-electron chi connectivity index (χ2n) is 3.54. The van der Waals surface area contributed by atoms with Gasteiger partial charge >= 0.3 is 6.18 Å². The first-order valence-electron chi connectivity index (χ1n) is 5.16. The number of halogens is 3. The fourth-order valence-electron chi connectivity index (χ4n) is 1.32. The van der Waals surface area contributed by atoms with Crippen LogP contribution in [0.25, 0.3) is 0 Å². The molecule has 1 aromatic heterocycles. The molecule has 0 unspecified atom stereocenters. The fourth-order valence-corrected chi connectivity index (χ4v) is 1.32. The molecule has 0 saturated carbocycles. The molecule has 2 aromatic rings. The van der Waals surface area contributed by atoms with E-state index >= 15 is 0 Å². The molecule has 0 aliphatic rings. The molecule has 4 heteroatoms. The van der Waals surface area contributed by atoms with Crippen molar-refractivity contribution in [2.24, 2.45) is 0 Å². The van der Waals surface area contributed by atoms with E-state index in [4.69, 9.17) is 0 Å². The van der Waals surface area contributed by atoms with Crippen LogP contribution in [-0.4, -0.2) is 4.98 Å². The monoisotopic (exact) mass is 247 g/mol. The molecule has 1 heterocycles. The third kappa shape index (κ3) is 3.11. The lowest BCUT2D eigenvalue weighted by Crippen LogP contribution is -2.04. The van der Waals surface area contributed by atoms with Crippen molar-refractivity contribution in [1.29, 1.82) is 0 Å². The molecular formula is C14H8F3N. The number of rotatable bonds is 0. The molecule has 0 atom stereocenters. The van der Waals surface area contributed by atoms with Gasteiger partial charge in [-0.3, -0.25) is 0 Å². The van der Waals surface area contributed by atoms with Gasteiger partial charge in [-0.1, -0.05) is 12.0 Å². The van der Waals surface area contributed by atoms with E-state index in [0.29, 0.717) is 11.3 Å². The lowest BCUT2D eigenvalue weighted by atomic mass is 10.1. The molecule has 0 amide bonds. The third-order valence-electron chi connectivity index (χ3n) is 2.21. The van der Waals surface area contributed by atoms with Crippen LogP contribution in [0.4, 0.5) is 13.2 Å². The van der Waals surface area contributed by atoms with Crippen LogP contribution >= 0.6 is 0 Å². The maximum atomic E-state index is 12.3. The normalized spacial score (nSPS) is 10.6. The molecule has 90 valence electrons. The van der Waals surface area contributed by atoms with Crippen molar-refractivity contribution in [3.63, 3.8) is 0 Å². The summed E-state index contributed by atoms with van der Waals surface area (Å²) in [6.07, 6.45) is -2.70. The van der Waals surface area contributed by atoms with Crippen molar-refractivity contribution >= 4 is 0 Å². The Balaban J connectivity index is 2.20. The van der Waals surface area contributed by atoms with Crippen molar-refractivity contribution in [1.82, 2.24) is 4.98 Å². The van der Waals surface area contributed by atoms with E-state index in [1.165, 1.54) is 12.1 Å². The van der Waals surface area contributed by atoms with Crippen molar-refractivity contribution < 1.29 is 13.2 Å². The molecule has 0 saturated heterocycles. The molecule has 0 bridgehead atoms. The first-order chi connectivity index (χ1) is 8.55. The number of nitrogens with zero attached hydrogens (tertiary/aromatic N) is 1. The molecule has 0 radical (unpaired) electrons. The quantitative estimate of drug-likeness (QED) is 0.649. The minimum Gasteiger partial charge on any atom is -0.248 e. The molecule has 0 aliphatic heterocycles. The molecular weight excluding hydrogens is 239 g/mol. The van der Waals surface area contributed by atoms with E-state index < -0.39 is 11.7 Å². The Morgan fingerprint density at radius 3 is 2.17 bits per heavy atom. The van der Waals surface area contributed by atoms with E-state index in [1.54, 1.807) is 24.4 Å². The van der Waals surface area contributed by atoms with Crippen LogP contribution in [0.15, 0.2) is 48.7 Å². The van der Waals surface area contributed by atoms with Gasteiger partial charge in [0.05, 0.1) is 5.56 Å². The Morgan fingerprint density at radius 2 is 1.61 bits per heavy atom. The minimum atomic E-state index is -4.31. The number of aromatic nitrogens is 1. The molecule has 2 rings (SSSR count). The Labute approximate surface area is 102 Å². The van der Waals surface area contributed by atoms with E-state index in [9.17, 15) is 13.2 Å². The molecule has 0 spiro atoms. The summed E-state index contributed by atoms with van der Waals surface area (Å²) >= 11 is 0. The Hall–Kier alpha value is -2.28. The van der Waals surface area contributed by atoms with Crippen LogP contribution < -0.4 is 0 Å². The van der Waals surface area contributed by atoms with Crippen LogP contribution in [0.3, 0.4) is 0 Å². The zero-order valence-electron chi connectivity index (χ0n) is 9.20. The van der Waals surface area contributed by atoms with Gasteiger partial charge in [-0.05, 0) is 42.3 Å². The average Bonchev–Trinajstić information content (AvgIpc) is 2.37. The van der Waals surface area contributed by atoms with Crippen LogP contribution in [0.5, 0.6) is 0 Å². The minimum absolute atomic E-state index is 0.522. The van der Waals surface area contributed by atoms with Crippen molar-refractivity contribution in [3.05, 3.63) is 65.5 Å². The average molecular weight is 247 g/mol. The van der Waals surface area contributed by atoms with Gasteiger partial charge in [0.25, 0.3) is 0 Å². The van der Waals surface area contributed by atoms with Gasteiger partial charge < -0.3 is 0 Å². The Kier molecular flexibility index (Phi) is 3.33. The lowest BCUT2D eigenvalue weighted by Gasteiger charge is -2.05. The van der Waals surface area contributed by atoms with Gasteiger partial charge in [-0.25, -0.2) is 4.98 Å². The summed E-state index contributed by atoms with van der Waals surface area (Å²) < 4.78 is 37.0. The van der Waals surface area contributed by atoms with Crippen LogP contribution in [0.1, 0.15) is 16.8 Å². The first kappa shape index (κ1) is 12.2. The highest BCUT2D eigenvalue weighted by Crippen LogP contribution is 2.28. The number of hydrogen-bond acceptors (Lipinski definition) is 1. The van der Waals surface area contributed by atoms with Crippen LogP contribution in [0.2, 0.25) is 0 Å². The molecule has 1 nitrogen and oxygen atoms in total. The zero-order chi connectivity index (χ0) is 13.0. The molecule has 0 aliphatic carbocycles. The maximum absolute atomic E-state index is 12.3. The molecule has 0 N–H and O–H groups in total. The lowest BCUT2D eigenvalue weighted by molar-refractivity contribution is -0.137. The van der Waals surface area contributed by atoms with Gasteiger partial charge in [-0.15, -0.1) is 0 Å². The standard InChI is InChI=1S/C14H8F3N/c15-14(16,17)12-7-4-11(5-8-12)6-9-13-3-1-2-10-18-13/h1-5,7-8,10H. The number of alkyl halides is 3. The van der Waals surface area contributed by atoms with Gasteiger partial charge in [0.2, 0.25) is 0 Å². The highest BCUT2D eigenvalue weighted by molar-refractivity contribution is 5.41. The van der Waals surface area contributed by atoms with Crippen molar-refractivity contribution in [3.8, 4) is 11.8 Å². The predicted octanol–water partition coefficient (Wildman–Crippen LogP) is 3.50. The van der Waals surface area contributed by atoms with Crippen LogP contribution in [-0.2, 0) is 6.18 Å². The summed E-state index contributed by atoms with van der Waals surface area (Å²) in [6, 6.07) is 10.0. The maximum Gasteiger partial charge on any atom is 0.416 e. The second-order valence-corrected chi connectivity index (χ2v) is 3.54. The van der Waals surface area contributed by atoms with Crippen molar-refractivity contribution in [2.75, 3.05) is 0 Å². The first-order valence-corrected chi connectivity index (χ1v) is 5.16. The summed E-state index contributed by atoms with van der Waals surface area (Å²) in [5.74, 6) is 5.54. The summed E-state index contributed by atoms with van der Waals surface area (Å²) in [5, 5.41) is 0. The third-order valence-corrected chi connectivity index (χ3v) is 2.21.